The summed E-state index contributed by atoms with van der Waals surface area (Å²) in [6.07, 6.45) is 2.81. The van der Waals surface area contributed by atoms with Gasteiger partial charge in [0, 0.05) is 35.8 Å². The molecule has 1 aromatic heterocycles. The number of esters is 1. The molecule has 0 N–H and O–H groups in total. The van der Waals surface area contributed by atoms with Crippen LogP contribution in [0.2, 0.25) is 0 Å². The Morgan fingerprint density at radius 1 is 1.53 bits per heavy atom. The number of carbonyl (C=O) groups excluding carboxylic acids is 2. The van der Waals surface area contributed by atoms with Gasteiger partial charge < -0.3 is 9.29 Å². The minimum absolute atomic E-state index is 0.0946. The second-order valence-electron chi connectivity index (χ2n) is 3.68. The fourth-order valence-corrected chi connectivity index (χ4v) is 1.89. The highest BCUT2D eigenvalue weighted by atomic mass is 32.2. The Hall–Kier alpha value is -1.64. The van der Waals surface area contributed by atoms with E-state index in [9.17, 15) is 18.4 Å². The van der Waals surface area contributed by atoms with Gasteiger partial charge >= 0.3 is 5.97 Å². The van der Waals surface area contributed by atoms with Gasteiger partial charge in [-0.25, -0.2) is 4.31 Å². The average molecular weight is 285 g/mol. The van der Waals surface area contributed by atoms with Gasteiger partial charge in [0.1, 0.15) is 6.54 Å². The fourth-order valence-electron chi connectivity index (χ4n) is 1.44. The number of rotatable bonds is 6. The van der Waals surface area contributed by atoms with Crippen LogP contribution in [0.4, 0.5) is 0 Å². The van der Waals surface area contributed by atoms with E-state index in [1.54, 1.807) is 0 Å². The van der Waals surface area contributed by atoms with Crippen molar-refractivity contribution in [3.63, 3.8) is 0 Å². The fraction of sp³-hybridized carbons (Fsp3) is 0.364. The third-order valence-corrected chi connectivity index (χ3v) is 3.06. The van der Waals surface area contributed by atoms with E-state index >= 15 is 0 Å². The molecule has 0 aliphatic heterocycles. The lowest BCUT2D eigenvalue weighted by Crippen LogP contribution is -2.32. The van der Waals surface area contributed by atoms with Crippen molar-refractivity contribution in [2.24, 2.45) is 0 Å². The largest absolute Gasteiger partial charge is 0.760 e. The van der Waals surface area contributed by atoms with Crippen LogP contribution in [0.15, 0.2) is 18.5 Å². The van der Waals surface area contributed by atoms with Crippen molar-refractivity contribution in [2.45, 2.75) is 13.5 Å². The predicted molar refractivity (Wildman–Crippen MR) is 65.6 cm³/mol. The quantitative estimate of drug-likeness (QED) is 0.416. The molecule has 0 fully saturated rings. The molecule has 1 heterocycles. The maximum atomic E-state index is 11.4. The van der Waals surface area contributed by atoms with Crippen molar-refractivity contribution in [2.75, 3.05) is 13.7 Å². The first kappa shape index (κ1) is 15.4. The maximum absolute atomic E-state index is 11.4. The molecule has 0 bridgehead atoms. The molecule has 7 nitrogen and oxygen atoms in total. The number of Topliss-reactive ketones (excluding diaryl/α,β-unsaturated/α-hetero) is 1. The molecule has 0 spiro atoms. The van der Waals surface area contributed by atoms with Crippen LogP contribution in [0.5, 0.6) is 0 Å². The second-order valence-corrected chi connectivity index (χ2v) is 4.63. The van der Waals surface area contributed by atoms with Gasteiger partial charge in [-0.15, -0.1) is 0 Å². The molecule has 1 rings (SSSR count). The van der Waals surface area contributed by atoms with E-state index < -0.39 is 23.8 Å². The highest BCUT2D eigenvalue weighted by molar-refractivity contribution is 7.76. The SMILES string of the molecule is COC(=O)CN(Cc1ccncc1C(C)=O)S(=O)[O-]. The molecule has 0 saturated heterocycles. The number of methoxy groups -OCH3 is 1. The van der Waals surface area contributed by atoms with E-state index in [-0.39, 0.29) is 12.3 Å². The topological polar surface area (TPSA) is 99.6 Å². The van der Waals surface area contributed by atoms with Crippen molar-refractivity contribution < 1.29 is 23.1 Å². The van der Waals surface area contributed by atoms with Crippen LogP contribution in [0.3, 0.4) is 0 Å². The van der Waals surface area contributed by atoms with E-state index in [0.29, 0.717) is 11.1 Å². The Labute approximate surface area is 113 Å². The van der Waals surface area contributed by atoms with Gasteiger partial charge in [-0.05, 0) is 18.6 Å². The molecule has 0 radical (unpaired) electrons. The number of pyridine rings is 1. The minimum Gasteiger partial charge on any atom is -0.760 e. The molecule has 19 heavy (non-hydrogen) atoms. The van der Waals surface area contributed by atoms with Crippen LogP contribution in [-0.2, 0) is 27.3 Å². The molecule has 8 heteroatoms. The zero-order valence-corrected chi connectivity index (χ0v) is 11.3. The minimum atomic E-state index is -2.60. The number of carbonyl (C=O) groups is 2. The van der Waals surface area contributed by atoms with Crippen LogP contribution < -0.4 is 0 Å². The van der Waals surface area contributed by atoms with Crippen LogP contribution in [-0.4, -0.2) is 43.5 Å². The highest BCUT2D eigenvalue weighted by Gasteiger charge is 2.15. The summed E-state index contributed by atoms with van der Waals surface area (Å²) < 4.78 is 27.4. The van der Waals surface area contributed by atoms with Crippen molar-refractivity contribution in [3.05, 3.63) is 29.6 Å². The zero-order chi connectivity index (χ0) is 14.4. The summed E-state index contributed by atoms with van der Waals surface area (Å²) in [5.74, 6) is -0.902. The van der Waals surface area contributed by atoms with Crippen molar-refractivity contribution in [1.29, 1.82) is 0 Å². The first-order valence-corrected chi connectivity index (χ1v) is 6.33. The third-order valence-electron chi connectivity index (χ3n) is 2.38. The lowest BCUT2D eigenvalue weighted by molar-refractivity contribution is -0.140. The number of hydrogen-bond acceptors (Lipinski definition) is 6. The van der Waals surface area contributed by atoms with Crippen LogP contribution in [0.25, 0.3) is 0 Å². The van der Waals surface area contributed by atoms with Crippen LogP contribution in [0.1, 0.15) is 22.8 Å². The third kappa shape index (κ3) is 4.51. The Bertz CT molecular complexity index is 506. The summed E-state index contributed by atoms with van der Waals surface area (Å²) in [6, 6.07) is 1.54. The molecular formula is C11H13N2O5S-. The molecule has 1 atom stereocenters. The summed E-state index contributed by atoms with van der Waals surface area (Å²) in [4.78, 5) is 26.3. The van der Waals surface area contributed by atoms with Gasteiger partial charge in [-0.2, -0.15) is 0 Å². The van der Waals surface area contributed by atoms with Crippen LogP contribution in [0, 0.1) is 0 Å². The van der Waals surface area contributed by atoms with E-state index in [4.69, 9.17) is 0 Å². The molecule has 0 aliphatic rings. The molecule has 0 saturated carbocycles. The first-order valence-electron chi connectivity index (χ1n) is 5.30. The van der Waals surface area contributed by atoms with Gasteiger partial charge in [0.25, 0.3) is 0 Å². The maximum Gasteiger partial charge on any atom is 0.320 e. The van der Waals surface area contributed by atoms with Gasteiger partial charge in [0.15, 0.2) is 5.78 Å². The zero-order valence-electron chi connectivity index (χ0n) is 10.5. The number of nitrogens with zero attached hydrogens (tertiary/aromatic N) is 2. The van der Waals surface area contributed by atoms with Gasteiger partial charge in [0.05, 0.1) is 7.11 Å². The number of ether oxygens (including phenoxy) is 1. The Kier molecular flexibility index (Phi) is 5.74. The number of ketones is 1. The van der Waals surface area contributed by atoms with E-state index in [2.05, 4.69) is 9.72 Å². The van der Waals surface area contributed by atoms with E-state index in [0.717, 1.165) is 4.31 Å². The van der Waals surface area contributed by atoms with E-state index in [1.807, 2.05) is 0 Å². The monoisotopic (exact) mass is 285 g/mol. The van der Waals surface area contributed by atoms with Crippen LogP contribution >= 0.6 is 0 Å². The molecule has 1 aromatic rings. The molecule has 104 valence electrons. The number of hydrogen-bond donors (Lipinski definition) is 0. The molecule has 0 aromatic carbocycles. The summed E-state index contributed by atoms with van der Waals surface area (Å²) in [5.41, 5.74) is 0.804. The molecule has 0 amide bonds. The lowest BCUT2D eigenvalue weighted by atomic mass is 10.1. The lowest BCUT2D eigenvalue weighted by Gasteiger charge is -2.23. The second kappa shape index (κ2) is 7.07. The molecule has 1 unspecified atom stereocenters. The van der Waals surface area contributed by atoms with Crippen molar-refractivity contribution in [1.82, 2.24) is 9.29 Å². The van der Waals surface area contributed by atoms with Gasteiger partial charge in [0.2, 0.25) is 0 Å². The Morgan fingerprint density at radius 2 is 2.21 bits per heavy atom. The Morgan fingerprint density at radius 3 is 2.74 bits per heavy atom. The summed E-state index contributed by atoms with van der Waals surface area (Å²) >= 11 is -2.60. The summed E-state index contributed by atoms with van der Waals surface area (Å²) in [7, 11) is 1.17. The summed E-state index contributed by atoms with van der Waals surface area (Å²) in [6.45, 7) is 0.855. The predicted octanol–water partition coefficient (Wildman–Crippen LogP) is 0.0533. The van der Waals surface area contributed by atoms with E-state index in [1.165, 1.54) is 32.5 Å². The van der Waals surface area contributed by atoms with Gasteiger partial charge in [-0.3, -0.25) is 18.8 Å². The highest BCUT2D eigenvalue weighted by Crippen LogP contribution is 2.12. The Balaban J connectivity index is 2.94. The van der Waals surface area contributed by atoms with Gasteiger partial charge in [-0.1, -0.05) is 0 Å². The summed E-state index contributed by atoms with van der Waals surface area (Å²) in [5, 5.41) is 0. The van der Waals surface area contributed by atoms with Crippen molar-refractivity contribution in [3.8, 4) is 0 Å². The average Bonchev–Trinajstić information content (AvgIpc) is 2.37. The normalized spacial score (nSPS) is 12.2. The standard InChI is InChI=1S/C11H14N2O5S/c1-8(14)10-5-12-4-3-9(10)6-13(19(16)17)7-11(15)18-2/h3-5H,6-7H2,1-2H3,(H,16,17)/p-1. The smallest absolute Gasteiger partial charge is 0.320 e. The first-order chi connectivity index (χ1) is 8.95. The van der Waals surface area contributed by atoms with Crippen molar-refractivity contribution >= 4 is 23.0 Å². The molecule has 0 aliphatic carbocycles. The molecular weight excluding hydrogens is 272 g/mol. The number of aromatic nitrogens is 1.